The van der Waals surface area contributed by atoms with Crippen molar-refractivity contribution in [2.45, 2.75) is 0 Å². The zero-order valence-corrected chi connectivity index (χ0v) is 20.1. The van der Waals surface area contributed by atoms with Crippen LogP contribution in [-0.2, 0) is 4.79 Å². The van der Waals surface area contributed by atoms with Gasteiger partial charge < -0.3 is 10.2 Å². The van der Waals surface area contributed by atoms with E-state index in [4.69, 9.17) is 11.6 Å². The van der Waals surface area contributed by atoms with E-state index in [0.29, 0.717) is 51.3 Å². The molecule has 0 aliphatic carbocycles. The number of rotatable bonds is 5. The monoisotopic (exact) mass is 515 g/mol. The van der Waals surface area contributed by atoms with E-state index in [-0.39, 0.29) is 24.0 Å². The highest BCUT2D eigenvalue weighted by molar-refractivity contribution is 7.22. The normalized spacial score (nSPS) is 14.6. The molecule has 1 aliphatic rings. The number of amides is 2. The lowest BCUT2D eigenvalue weighted by Crippen LogP contribution is -2.50. The van der Waals surface area contributed by atoms with Crippen molar-refractivity contribution in [2.24, 2.45) is 0 Å². The molecule has 1 N–H and O–H groups in total. The number of carbonyl (C=O) groups is 2. The molecule has 0 unspecified atom stereocenters. The first-order valence-electron chi connectivity index (χ1n) is 10.4. The minimum atomic E-state index is -0.471. The number of carbonyl (C=O) groups excluding carboxylic acids is 2. The van der Waals surface area contributed by atoms with Crippen LogP contribution in [0.4, 0.5) is 10.8 Å². The lowest BCUT2D eigenvalue weighted by molar-refractivity contribution is -0.384. The Bertz CT molecular complexity index is 1390. The SMILES string of the molecule is O=C(CN1CCN(C(=O)c2sc3cc([N+](=O)[O-])ccc3c2Cl)CC1)Nc1nc2ccccc2s1. The second-order valence-electron chi connectivity index (χ2n) is 7.79. The number of nitro benzene ring substituents is 1. The fourth-order valence-electron chi connectivity index (χ4n) is 3.85. The number of non-ortho nitro benzene ring substituents is 1. The molecule has 174 valence electrons. The number of thiazole rings is 1. The lowest BCUT2D eigenvalue weighted by Gasteiger charge is -2.34. The molecule has 3 heterocycles. The number of benzene rings is 2. The molecular weight excluding hydrogens is 498 g/mol. The largest absolute Gasteiger partial charge is 0.335 e. The molecule has 0 atom stereocenters. The summed E-state index contributed by atoms with van der Waals surface area (Å²) < 4.78 is 1.62. The molecule has 0 radical (unpaired) electrons. The highest BCUT2D eigenvalue weighted by Crippen LogP contribution is 2.38. The minimum absolute atomic E-state index is 0.0397. The third-order valence-corrected chi connectivity index (χ3v) is 8.18. The van der Waals surface area contributed by atoms with Gasteiger partial charge in [0.15, 0.2) is 5.13 Å². The number of hydrogen-bond donors (Lipinski definition) is 1. The molecule has 2 amide bonds. The van der Waals surface area contributed by atoms with E-state index < -0.39 is 4.92 Å². The van der Waals surface area contributed by atoms with E-state index in [9.17, 15) is 19.7 Å². The summed E-state index contributed by atoms with van der Waals surface area (Å²) in [4.78, 5) is 44.6. The zero-order valence-electron chi connectivity index (χ0n) is 17.7. The van der Waals surface area contributed by atoms with Crippen LogP contribution < -0.4 is 5.32 Å². The average Bonchev–Trinajstić information content (AvgIpc) is 3.38. The number of hydrogen-bond acceptors (Lipinski definition) is 8. The van der Waals surface area contributed by atoms with Gasteiger partial charge in [-0.05, 0) is 18.2 Å². The fourth-order valence-corrected chi connectivity index (χ4v) is 6.24. The molecule has 1 saturated heterocycles. The first-order valence-corrected chi connectivity index (χ1v) is 12.4. The molecule has 34 heavy (non-hydrogen) atoms. The Morgan fingerprint density at radius 1 is 1.09 bits per heavy atom. The standard InChI is InChI=1S/C22H18ClN5O4S2/c23-19-14-6-5-13(28(31)32)11-17(14)33-20(19)21(30)27-9-7-26(8-10-27)12-18(29)25-22-24-15-3-1-2-4-16(15)34-22/h1-6,11H,7-10,12H2,(H,24,25,29). The van der Waals surface area contributed by atoms with Crippen molar-refractivity contribution in [1.82, 2.24) is 14.8 Å². The van der Waals surface area contributed by atoms with E-state index in [1.165, 1.54) is 23.5 Å². The molecule has 4 aromatic rings. The van der Waals surface area contributed by atoms with E-state index in [1.807, 2.05) is 29.2 Å². The second-order valence-corrected chi connectivity index (χ2v) is 10.2. The number of nitrogens with one attached hydrogen (secondary N) is 1. The maximum Gasteiger partial charge on any atom is 0.270 e. The Hall–Kier alpha value is -3.12. The summed E-state index contributed by atoms with van der Waals surface area (Å²) in [6.45, 7) is 2.22. The first kappa shape index (κ1) is 22.7. The maximum atomic E-state index is 13.1. The van der Waals surface area contributed by atoms with Gasteiger partial charge in [0, 0.05) is 48.4 Å². The molecule has 12 heteroatoms. The number of anilines is 1. The van der Waals surface area contributed by atoms with Gasteiger partial charge in [-0.15, -0.1) is 11.3 Å². The third-order valence-electron chi connectivity index (χ3n) is 5.59. The summed E-state index contributed by atoms with van der Waals surface area (Å²) in [6.07, 6.45) is 0. The molecule has 2 aromatic carbocycles. The second kappa shape index (κ2) is 9.26. The number of aromatic nitrogens is 1. The van der Waals surface area contributed by atoms with Crippen LogP contribution in [0.2, 0.25) is 5.02 Å². The van der Waals surface area contributed by atoms with Gasteiger partial charge in [0.25, 0.3) is 11.6 Å². The number of fused-ring (bicyclic) bond motifs is 2. The van der Waals surface area contributed by atoms with Crippen molar-refractivity contribution in [3.05, 3.63) is 62.5 Å². The van der Waals surface area contributed by atoms with Gasteiger partial charge in [0.1, 0.15) is 4.88 Å². The van der Waals surface area contributed by atoms with Gasteiger partial charge in [-0.2, -0.15) is 0 Å². The van der Waals surface area contributed by atoms with Crippen LogP contribution in [0.25, 0.3) is 20.3 Å². The van der Waals surface area contributed by atoms with Crippen molar-refractivity contribution < 1.29 is 14.5 Å². The van der Waals surface area contributed by atoms with E-state index >= 15 is 0 Å². The van der Waals surface area contributed by atoms with Gasteiger partial charge in [-0.25, -0.2) is 4.98 Å². The molecule has 2 aromatic heterocycles. The molecule has 1 fully saturated rings. The van der Waals surface area contributed by atoms with Crippen molar-refractivity contribution in [2.75, 3.05) is 38.0 Å². The van der Waals surface area contributed by atoms with Crippen LogP contribution in [0.1, 0.15) is 9.67 Å². The Morgan fingerprint density at radius 3 is 2.59 bits per heavy atom. The smallest absolute Gasteiger partial charge is 0.270 e. The van der Waals surface area contributed by atoms with Crippen molar-refractivity contribution in [3.8, 4) is 0 Å². The summed E-state index contributed by atoms with van der Waals surface area (Å²) in [7, 11) is 0. The lowest BCUT2D eigenvalue weighted by atomic mass is 10.2. The van der Waals surface area contributed by atoms with Gasteiger partial charge in [-0.1, -0.05) is 35.1 Å². The van der Waals surface area contributed by atoms with Crippen LogP contribution in [0.3, 0.4) is 0 Å². The number of thiophene rings is 1. The van der Waals surface area contributed by atoms with Crippen LogP contribution in [0, 0.1) is 10.1 Å². The van der Waals surface area contributed by atoms with Crippen molar-refractivity contribution in [1.29, 1.82) is 0 Å². The molecular formula is C22H18ClN5O4S2. The van der Waals surface area contributed by atoms with E-state index in [1.54, 1.807) is 11.0 Å². The first-order chi connectivity index (χ1) is 16.4. The summed E-state index contributed by atoms with van der Waals surface area (Å²) in [5.74, 6) is -0.347. The minimum Gasteiger partial charge on any atom is -0.335 e. The van der Waals surface area contributed by atoms with Crippen LogP contribution >= 0.6 is 34.3 Å². The molecule has 5 rings (SSSR count). The topological polar surface area (TPSA) is 109 Å². The highest BCUT2D eigenvalue weighted by Gasteiger charge is 2.27. The Balaban J connectivity index is 1.19. The van der Waals surface area contributed by atoms with Gasteiger partial charge >= 0.3 is 0 Å². The quantitative estimate of drug-likeness (QED) is 0.310. The molecule has 0 bridgehead atoms. The van der Waals surface area contributed by atoms with Crippen LogP contribution in [0.5, 0.6) is 0 Å². The van der Waals surface area contributed by atoms with Gasteiger partial charge in [-0.3, -0.25) is 24.6 Å². The number of nitro groups is 1. The Morgan fingerprint density at radius 2 is 1.85 bits per heavy atom. The predicted molar refractivity (Wildman–Crippen MR) is 134 cm³/mol. The molecule has 0 spiro atoms. The van der Waals surface area contributed by atoms with Crippen LogP contribution in [0.15, 0.2) is 42.5 Å². The zero-order chi connectivity index (χ0) is 23.8. The van der Waals surface area contributed by atoms with E-state index in [2.05, 4.69) is 10.3 Å². The third kappa shape index (κ3) is 4.47. The molecule has 1 aliphatic heterocycles. The van der Waals surface area contributed by atoms with E-state index in [0.717, 1.165) is 21.6 Å². The average molecular weight is 516 g/mol. The number of halogens is 1. The Kier molecular flexibility index (Phi) is 6.17. The summed E-state index contributed by atoms with van der Waals surface area (Å²) in [5, 5.41) is 15.4. The van der Waals surface area contributed by atoms with Crippen LogP contribution in [-0.4, -0.2) is 64.2 Å². The fraction of sp³-hybridized carbons (Fsp3) is 0.227. The number of para-hydroxylation sites is 1. The van der Waals surface area contributed by atoms with Gasteiger partial charge in [0.2, 0.25) is 5.91 Å². The molecule has 9 nitrogen and oxygen atoms in total. The Labute approximate surface area is 206 Å². The summed E-state index contributed by atoms with van der Waals surface area (Å²) >= 11 is 9.02. The van der Waals surface area contributed by atoms with Crippen molar-refractivity contribution >= 4 is 77.2 Å². The summed E-state index contributed by atoms with van der Waals surface area (Å²) in [5.41, 5.74) is 0.812. The summed E-state index contributed by atoms with van der Waals surface area (Å²) in [6, 6.07) is 12.1. The maximum absolute atomic E-state index is 13.1. The number of nitrogens with zero attached hydrogens (tertiary/aromatic N) is 4. The molecule has 0 saturated carbocycles. The predicted octanol–water partition coefficient (Wildman–Crippen LogP) is 4.47. The number of piperazine rings is 1. The van der Waals surface area contributed by atoms with Crippen molar-refractivity contribution in [3.63, 3.8) is 0 Å². The highest BCUT2D eigenvalue weighted by atomic mass is 35.5. The van der Waals surface area contributed by atoms with Gasteiger partial charge in [0.05, 0.1) is 26.7 Å².